The molecule has 1 N–H and O–H groups in total. The number of benzene rings is 1. The number of carbonyl (C=O) groups excluding carboxylic acids is 1. The van der Waals surface area contributed by atoms with E-state index in [1.807, 2.05) is 6.92 Å². The number of rotatable bonds is 4. The van der Waals surface area contributed by atoms with Crippen LogP contribution in [0, 0.1) is 11.8 Å². The van der Waals surface area contributed by atoms with E-state index in [1.165, 1.54) is 26.2 Å². The normalized spacial score (nSPS) is 22.3. The maximum Gasteiger partial charge on any atom is 0.242 e. The van der Waals surface area contributed by atoms with Gasteiger partial charge < -0.3 is 5.32 Å². The van der Waals surface area contributed by atoms with Crippen molar-refractivity contribution >= 4 is 21.6 Å². The fourth-order valence-electron chi connectivity index (χ4n) is 1.84. The van der Waals surface area contributed by atoms with Crippen LogP contribution in [-0.4, -0.2) is 32.7 Å². The quantitative estimate of drug-likeness (QED) is 0.910. The van der Waals surface area contributed by atoms with Gasteiger partial charge in [-0.15, -0.1) is 0 Å². The minimum atomic E-state index is -3.41. The third kappa shape index (κ3) is 2.96. The number of hydrogen-bond donors (Lipinski definition) is 1. The van der Waals surface area contributed by atoms with Crippen LogP contribution in [0.4, 0.5) is 5.69 Å². The van der Waals surface area contributed by atoms with Crippen LogP contribution >= 0.6 is 0 Å². The van der Waals surface area contributed by atoms with Crippen molar-refractivity contribution < 1.29 is 13.2 Å². The number of carbonyl (C=O) groups is 1. The number of nitrogens with one attached hydrogen (secondary N) is 1. The highest BCUT2D eigenvalue weighted by Gasteiger charge is 2.39. The second-order valence-corrected chi connectivity index (χ2v) is 7.27. The zero-order valence-corrected chi connectivity index (χ0v) is 12.1. The first-order valence-corrected chi connectivity index (χ1v) is 7.60. The van der Waals surface area contributed by atoms with Crippen molar-refractivity contribution in [2.24, 2.45) is 11.8 Å². The summed E-state index contributed by atoms with van der Waals surface area (Å²) in [5.41, 5.74) is 0.627. The van der Waals surface area contributed by atoms with Crippen LogP contribution in [0.1, 0.15) is 13.3 Å². The van der Waals surface area contributed by atoms with Crippen LogP contribution in [0.2, 0.25) is 0 Å². The molecule has 1 amide bonds. The summed E-state index contributed by atoms with van der Waals surface area (Å²) in [6.07, 6.45) is 0.929. The van der Waals surface area contributed by atoms with Crippen molar-refractivity contribution in [2.75, 3.05) is 19.4 Å². The van der Waals surface area contributed by atoms with Crippen LogP contribution in [0.25, 0.3) is 0 Å². The van der Waals surface area contributed by atoms with E-state index < -0.39 is 10.0 Å². The van der Waals surface area contributed by atoms with Crippen molar-refractivity contribution in [3.63, 3.8) is 0 Å². The molecule has 1 aliphatic carbocycles. The minimum Gasteiger partial charge on any atom is -0.326 e. The van der Waals surface area contributed by atoms with E-state index >= 15 is 0 Å². The third-order valence-electron chi connectivity index (χ3n) is 3.35. The van der Waals surface area contributed by atoms with Gasteiger partial charge in [0.25, 0.3) is 0 Å². The minimum absolute atomic E-state index is 0.00992. The standard InChI is InChI=1S/C13H18N2O3S/c1-9-8-12(9)13(16)14-10-4-6-11(7-5-10)19(17,18)15(2)3/h4-7,9,12H,8H2,1-3H3,(H,14,16)/t9-,12+/m1/s1. The summed E-state index contributed by atoms with van der Waals surface area (Å²) >= 11 is 0. The first-order valence-electron chi connectivity index (χ1n) is 6.16. The van der Waals surface area contributed by atoms with Gasteiger partial charge in [0.2, 0.25) is 15.9 Å². The van der Waals surface area contributed by atoms with E-state index in [4.69, 9.17) is 0 Å². The van der Waals surface area contributed by atoms with Crippen molar-refractivity contribution in [1.82, 2.24) is 4.31 Å². The van der Waals surface area contributed by atoms with Crippen LogP contribution in [-0.2, 0) is 14.8 Å². The molecule has 6 heteroatoms. The second-order valence-electron chi connectivity index (χ2n) is 5.12. The Labute approximate surface area is 113 Å². The van der Waals surface area contributed by atoms with E-state index in [0.29, 0.717) is 11.6 Å². The molecule has 1 fully saturated rings. The predicted octanol–water partition coefficient (Wildman–Crippen LogP) is 1.53. The maximum absolute atomic E-state index is 11.9. The van der Waals surface area contributed by atoms with E-state index in [9.17, 15) is 13.2 Å². The van der Waals surface area contributed by atoms with Gasteiger partial charge in [0.05, 0.1) is 4.90 Å². The topological polar surface area (TPSA) is 66.5 Å². The first kappa shape index (κ1) is 14.0. The molecule has 0 aromatic heterocycles. The Kier molecular flexibility index (Phi) is 3.64. The van der Waals surface area contributed by atoms with Crippen molar-refractivity contribution in [3.05, 3.63) is 24.3 Å². The number of amides is 1. The molecule has 0 bridgehead atoms. The smallest absolute Gasteiger partial charge is 0.242 e. The number of nitrogens with zero attached hydrogens (tertiary/aromatic N) is 1. The van der Waals surface area contributed by atoms with Gasteiger partial charge in [-0.25, -0.2) is 12.7 Å². The molecule has 0 aliphatic heterocycles. The Morgan fingerprint density at radius 2 is 1.79 bits per heavy atom. The molecule has 1 saturated carbocycles. The average Bonchev–Trinajstić information content (AvgIpc) is 3.07. The molecule has 0 radical (unpaired) electrons. The third-order valence-corrected chi connectivity index (χ3v) is 5.18. The second kappa shape index (κ2) is 4.94. The van der Waals surface area contributed by atoms with Gasteiger partial charge in [0, 0.05) is 25.7 Å². The van der Waals surface area contributed by atoms with E-state index in [1.54, 1.807) is 12.1 Å². The molecule has 0 heterocycles. The molecule has 1 aromatic rings. The first-order chi connectivity index (χ1) is 8.82. The van der Waals surface area contributed by atoms with Crippen LogP contribution in [0.5, 0.6) is 0 Å². The number of hydrogen-bond acceptors (Lipinski definition) is 3. The molecule has 104 valence electrons. The zero-order chi connectivity index (χ0) is 14.2. The molecule has 1 aliphatic rings. The number of sulfonamides is 1. The summed E-state index contributed by atoms with van der Waals surface area (Å²) in [6.45, 7) is 2.04. The molecule has 5 nitrogen and oxygen atoms in total. The van der Waals surface area contributed by atoms with E-state index in [0.717, 1.165) is 10.7 Å². The molecule has 1 aromatic carbocycles. The lowest BCUT2D eigenvalue weighted by molar-refractivity contribution is -0.117. The van der Waals surface area contributed by atoms with Gasteiger partial charge in [-0.3, -0.25) is 4.79 Å². The highest BCUT2D eigenvalue weighted by atomic mass is 32.2. The van der Waals surface area contributed by atoms with Gasteiger partial charge in [0.1, 0.15) is 0 Å². The Hall–Kier alpha value is -1.40. The monoisotopic (exact) mass is 282 g/mol. The average molecular weight is 282 g/mol. The molecule has 0 saturated heterocycles. The highest BCUT2D eigenvalue weighted by Crippen LogP contribution is 2.38. The maximum atomic E-state index is 11.9. The lowest BCUT2D eigenvalue weighted by atomic mass is 10.3. The van der Waals surface area contributed by atoms with Crippen molar-refractivity contribution in [2.45, 2.75) is 18.2 Å². The van der Waals surface area contributed by atoms with Crippen molar-refractivity contribution in [1.29, 1.82) is 0 Å². The van der Waals surface area contributed by atoms with Gasteiger partial charge in [-0.05, 0) is 36.6 Å². The van der Waals surface area contributed by atoms with E-state index in [2.05, 4.69) is 5.32 Å². The van der Waals surface area contributed by atoms with Crippen molar-refractivity contribution in [3.8, 4) is 0 Å². The molecule has 0 spiro atoms. The number of anilines is 1. The SMILES string of the molecule is C[C@@H]1C[C@@H]1C(=O)Nc1ccc(S(=O)(=O)N(C)C)cc1. The van der Waals surface area contributed by atoms with Gasteiger partial charge >= 0.3 is 0 Å². The van der Waals surface area contributed by atoms with E-state index in [-0.39, 0.29) is 16.7 Å². The Morgan fingerprint density at radius 3 is 2.21 bits per heavy atom. The molecular weight excluding hydrogens is 264 g/mol. The lowest BCUT2D eigenvalue weighted by Crippen LogP contribution is -2.22. The summed E-state index contributed by atoms with van der Waals surface area (Å²) in [4.78, 5) is 12.0. The van der Waals surface area contributed by atoms with Crippen LogP contribution in [0.15, 0.2) is 29.2 Å². The van der Waals surface area contributed by atoms with Gasteiger partial charge in [-0.2, -0.15) is 0 Å². The lowest BCUT2D eigenvalue weighted by Gasteiger charge is -2.12. The highest BCUT2D eigenvalue weighted by molar-refractivity contribution is 7.89. The molecule has 2 rings (SSSR count). The van der Waals surface area contributed by atoms with Gasteiger partial charge in [0.15, 0.2) is 0 Å². The summed E-state index contributed by atoms with van der Waals surface area (Å²) < 4.78 is 24.9. The van der Waals surface area contributed by atoms with Crippen LogP contribution in [0.3, 0.4) is 0 Å². The summed E-state index contributed by atoms with van der Waals surface area (Å²) in [7, 11) is -0.443. The van der Waals surface area contributed by atoms with Gasteiger partial charge in [-0.1, -0.05) is 6.92 Å². The Morgan fingerprint density at radius 1 is 1.26 bits per heavy atom. The fourth-order valence-corrected chi connectivity index (χ4v) is 2.75. The zero-order valence-electron chi connectivity index (χ0n) is 11.3. The molecule has 19 heavy (non-hydrogen) atoms. The Bertz CT molecular complexity index is 578. The predicted molar refractivity (Wildman–Crippen MR) is 73.2 cm³/mol. The summed E-state index contributed by atoms with van der Waals surface area (Å²) in [5, 5.41) is 2.79. The molecular formula is C13H18N2O3S. The summed E-state index contributed by atoms with van der Waals surface area (Å²) in [6, 6.07) is 6.23. The largest absolute Gasteiger partial charge is 0.326 e. The summed E-state index contributed by atoms with van der Waals surface area (Å²) in [5.74, 6) is 0.564. The molecule has 0 unspecified atom stereocenters. The fraction of sp³-hybridized carbons (Fsp3) is 0.462. The molecule has 2 atom stereocenters. The van der Waals surface area contributed by atoms with Crippen LogP contribution < -0.4 is 5.32 Å². The Balaban J connectivity index is 2.09.